The summed E-state index contributed by atoms with van der Waals surface area (Å²) < 4.78 is 0. The van der Waals surface area contributed by atoms with Gasteiger partial charge in [-0.15, -0.1) is 0 Å². The lowest BCUT2D eigenvalue weighted by molar-refractivity contribution is 0.252. The molecule has 0 aromatic carbocycles. The summed E-state index contributed by atoms with van der Waals surface area (Å²) in [5.74, 6) is 0.0398. The van der Waals surface area contributed by atoms with E-state index in [-0.39, 0.29) is 12.5 Å². The van der Waals surface area contributed by atoms with Crippen LogP contribution in [0.3, 0.4) is 0 Å². The van der Waals surface area contributed by atoms with Gasteiger partial charge < -0.3 is 15.4 Å². The van der Waals surface area contributed by atoms with Crippen LogP contribution in [0.1, 0.15) is 0 Å². The molecule has 3 heteroatoms. The Morgan fingerprint density at radius 3 is 2.90 bits per heavy atom. The smallest absolute Gasteiger partial charge is 0.0554 e. The number of rotatable bonds is 2. The molecule has 1 heterocycles. The maximum atomic E-state index is 8.75. The highest BCUT2D eigenvalue weighted by Crippen LogP contribution is 2.11. The molecule has 1 aliphatic heterocycles. The van der Waals surface area contributed by atoms with E-state index in [1.54, 1.807) is 6.20 Å². The van der Waals surface area contributed by atoms with E-state index in [9.17, 15) is 0 Å². The Hall–Kier alpha value is -0.830. The maximum Gasteiger partial charge on any atom is 0.0554 e. The van der Waals surface area contributed by atoms with Crippen molar-refractivity contribution in [3.8, 4) is 0 Å². The minimum atomic E-state index is 0.0398. The molecule has 1 saturated heterocycles. The summed E-state index contributed by atoms with van der Waals surface area (Å²) in [4.78, 5) is 1.93. The second-order valence-electron chi connectivity index (χ2n) is 2.52. The van der Waals surface area contributed by atoms with E-state index in [1.165, 1.54) is 0 Å². The van der Waals surface area contributed by atoms with Crippen molar-refractivity contribution >= 4 is 5.71 Å². The maximum absolute atomic E-state index is 8.75. The van der Waals surface area contributed by atoms with E-state index in [4.69, 9.17) is 10.5 Å². The van der Waals surface area contributed by atoms with Crippen LogP contribution in [0.2, 0.25) is 0 Å². The summed E-state index contributed by atoms with van der Waals surface area (Å²) in [6.07, 6.45) is 1.71. The fourth-order valence-electron chi connectivity index (χ4n) is 1.11. The largest absolute Gasteiger partial charge is 0.396 e. The van der Waals surface area contributed by atoms with E-state index >= 15 is 0 Å². The van der Waals surface area contributed by atoms with Gasteiger partial charge in [-0.25, -0.2) is 0 Å². The second-order valence-corrected chi connectivity index (χ2v) is 2.52. The third-order valence-electron chi connectivity index (χ3n) is 1.80. The summed E-state index contributed by atoms with van der Waals surface area (Å²) in [5, 5.41) is 16.1. The first kappa shape index (κ1) is 7.28. The number of nitrogens with zero attached hydrogens (tertiary/aromatic N) is 1. The number of nitrogens with one attached hydrogen (secondary N) is 1. The average Bonchev–Trinajstić information content (AvgIpc) is 2.30. The second kappa shape index (κ2) is 2.84. The average molecular weight is 140 g/mol. The van der Waals surface area contributed by atoms with Crippen molar-refractivity contribution < 1.29 is 5.11 Å². The number of aliphatic hydroxyl groups is 1. The minimum Gasteiger partial charge on any atom is -0.396 e. The molecule has 0 spiro atoms. The molecule has 0 aromatic rings. The van der Waals surface area contributed by atoms with Gasteiger partial charge in [0.1, 0.15) is 0 Å². The van der Waals surface area contributed by atoms with E-state index in [0.29, 0.717) is 12.3 Å². The molecule has 56 valence electrons. The Morgan fingerprint density at radius 1 is 1.90 bits per heavy atom. The van der Waals surface area contributed by atoms with Gasteiger partial charge in [0.25, 0.3) is 0 Å². The van der Waals surface area contributed by atoms with Crippen LogP contribution >= 0.6 is 0 Å². The van der Waals surface area contributed by atoms with E-state index in [0.717, 1.165) is 6.54 Å². The van der Waals surface area contributed by atoms with Crippen LogP contribution in [-0.4, -0.2) is 35.4 Å². The van der Waals surface area contributed by atoms with E-state index in [2.05, 4.69) is 6.58 Å². The van der Waals surface area contributed by atoms with Crippen molar-refractivity contribution in [1.29, 1.82) is 5.41 Å². The van der Waals surface area contributed by atoms with Crippen molar-refractivity contribution in [3.05, 3.63) is 12.8 Å². The summed E-state index contributed by atoms with van der Waals surface area (Å²) in [5.41, 5.74) is 0.613. The lowest BCUT2D eigenvalue weighted by Gasteiger charge is -2.08. The monoisotopic (exact) mass is 140 g/mol. The fraction of sp³-hybridized carbons (Fsp3) is 0.571. The molecule has 0 bridgehead atoms. The van der Waals surface area contributed by atoms with Crippen LogP contribution < -0.4 is 0 Å². The fourth-order valence-corrected chi connectivity index (χ4v) is 1.11. The lowest BCUT2D eigenvalue weighted by Crippen LogP contribution is -2.15. The number of hydrogen-bond acceptors (Lipinski definition) is 3. The van der Waals surface area contributed by atoms with Gasteiger partial charge in [0.15, 0.2) is 0 Å². The van der Waals surface area contributed by atoms with Crippen LogP contribution in [0.15, 0.2) is 12.8 Å². The molecule has 0 aliphatic carbocycles. The Bertz CT molecular complexity index is 156. The molecule has 10 heavy (non-hydrogen) atoms. The van der Waals surface area contributed by atoms with Crippen LogP contribution in [-0.2, 0) is 0 Å². The number of likely N-dealkylation sites (tertiary alicyclic amines) is 1. The molecule has 1 rings (SSSR count). The van der Waals surface area contributed by atoms with Crippen molar-refractivity contribution in [1.82, 2.24) is 4.90 Å². The van der Waals surface area contributed by atoms with E-state index in [1.807, 2.05) is 4.90 Å². The Kier molecular flexibility index (Phi) is 2.06. The molecule has 0 radical (unpaired) electrons. The summed E-state index contributed by atoms with van der Waals surface area (Å²) in [6, 6.07) is 0. The first-order valence-corrected chi connectivity index (χ1v) is 3.32. The third kappa shape index (κ3) is 1.19. The number of aliphatic hydroxyl groups excluding tert-OH is 1. The van der Waals surface area contributed by atoms with Crippen molar-refractivity contribution in [2.75, 3.05) is 19.7 Å². The van der Waals surface area contributed by atoms with Gasteiger partial charge in [0, 0.05) is 18.2 Å². The molecule has 2 N–H and O–H groups in total. The highest BCUT2D eigenvalue weighted by Gasteiger charge is 2.24. The van der Waals surface area contributed by atoms with E-state index < -0.39 is 0 Å². The predicted molar refractivity (Wildman–Crippen MR) is 40.1 cm³/mol. The zero-order valence-electron chi connectivity index (χ0n) is 5.88. The van der Waals surface area contributed by atoms with Gasteiger partial charge in [-0.2, -0.15) is 0 Å². The molecule has 1 fully saturated rings. The highest BCUT2D eigenvalue weighted by molar-refractivity contribution is 5.88. The highest BCUT2D eigenvalue weighted by atomic mass is 16.3. The van der Waals surface area contributed by atoms with Crippen LogP contribution in [0, 0.1) is 11.3 Å². The zero-order chi connectivity index (χ0) is 7.56. The lowest BCUT2D eigenvalue weighted by atomic mass is 10.1. The molecule has 1 unspecified atom stereocenters. The quantitative estimate of drug-likeness (QED) is 0.570. The molecule has 0 aromatic heterocycles. The summed E-state index contributed by atoms with van der Waals surface area (Å²) in [6.45, 7) is 5.06. The van der Waals surface area contributed by atoms with Crippen molar-refractivity contribution in [2.45, 2.75) is 0 Å². The molecular formula is C7H12N2O. The molecule has 1 aliphatic rings. The van der Waals surface area contributed by atoms with Gasteiger partial charge in [-0.3, -0.25) is 0 Å². The van der Waals surface area contributed by atoms with Crippen LogP contribution in [0.4, 0.5) is 0 Å². The van der Waals surface area contributed by atoms with Crippen molar-refractivity contribution in [3.63, 3.8) is 0 Å². The summed E-state index contributed by atoms with van der Waals surface area (Å²) in [7, 11) is 0. The normalized spacial score (nSPS) is 25.5. The predicted octanol–water partition coefficient (Wildman–Crippen LogP) is 0.0738. The SMILES string of the molecule is C=CN1CC(=N)C(CO)C1. The molecular weight excluding hydrogens is 128 g/mol. The van der Waals surface area contributed by atoms with Gasteiger partial charge in [-0.05, 0) is 6.20 Å². The topological polar surface area (TPSA) is 47.3 Å². The molecule has 1 atom stereocenters. The number of hydrogen-bond donors (Lipinski definition) is 2. The standard InChI is InChI=1S/C7H12N2O/c1-2-9-3-6(5-10)7(8)4-9/h2,6,8,10H,1,3-5H2. The third-order valence-corrected chi connectivity index (χ3v) is 1.80. The summed E-state index contributed by atoms with van der Waals surface area (Å²) >= 11 is 0. The van der Waals surface area contributed by atoms with Gasteiger partial charge in [0.05, 0.1) is 13.2 Å². The minimum absolute atomic E-state index is 0.0398. The first-order chi connectivity index (χ1) is 4.77. The van der Waals surface area contributed by atoms with Gasteiger partial charge in [-0.1, -0.05) is 6.58 Å². The Balaban J connectivity index is 2.51. The van der Waals surface area contributed by atoms with Crippen LogP contribution in [0.25, 0.3) is 0 Å². The zero-order valence-corrected chi connectivity index (χ0v) is 5.88. The molecule has 0 amide bonds. The Morgan fingerprint density at radius 2 is 2.60 bits per heavy atom. The molecule has 0 saturated carbocycles. The van der Waals surface area contributed by atoms with Gasteiger partial charge >= 0.3 is 0 Å². The Labute approximate surface area is 60.5 Å². The van der Waals surface area contributed by atoms with Gasteiger partial charge in [0.2, 0.25) is 0 Å². The van der Waals surface area contributed by atoms with Crippen LogP contribution in [0.5, 0.6) is 0 Å². The van der Waals surface area contributed by atoms with Crippen molar-refractivity contribution in [2.24, 2.45) is 5.92 Å². The first-order valence-electron chi connectivity index (χ1n) is 3.32. The molecule has 3 nitrogen and oxygen atoms in total.